The molecule has 2 aromatic rings. The summed E-state index contributed by atoms with van der Waals surface area (Å²) in [4.78, 5) is 12.4. The Morgan fingerprint density at radius 3 is 2.58 bits per heavy atom. The predicted molar refractivity (Wildman–Crippen MR) is 95.5 cm³/mol. The third kappa shape index (κ3) is 4.98. The second kappa shape index (κ2) is 8.71. The van der Waals surface area contributed by atoms with E-state index in [-0.39, 0.29) is 12.0 Å². The number of hydrogen-bond acceptors (Lipinski definition) is 3. The second-order valence-corrected chi connectivity index (χ2v) is 6.07. The molecule has 0 heterocycles. The van der Waals surface area contributed by atoms with Crippen LogP contribution in [0.3, 0.4) is 0 Å². The number of amides is 1. The van der Waals surface area contributed by atoms with Gasteiger partial charge in [0.1, 0.15) is 5.75 Å². The first-order valence-electron chi connectivity index (χ1n) is 7.81. The molecule has 0 atom stereocenters. The maximum atomic E-state index is 12.4. The van der Waals surface area contributed by atoms with Crippen molar-refractivity contribution < 1.29 is 14.3 Å². The number of carbonyl (C=O) groups is 1. The van der Waals surface area contributed by atoms with Crippen LogP contribution in [0.5, 0.6) is 5.75 Å². The Kier molecular flexibility index (Phi) is 6.64. The SMILES string of the molecule is COc1ccc(C(=O)NCc2ccccc2Cl)cc1COC(C)C. The molecule has 0 radical (unpaired) electrons. The zero-order chi connectivity index (χ0) is 17.5. The lowest BCUT2D eigenvalue weighted by molar-refractivity contribution is 0.0644. The Balaban J connectivity index is 2.08. The summed E-state index contributed by atoms with van der Waals surface area (Å²) >= 11 is 6.11. The van der Waals surface area contributed by atoms with Crippen molar-refractivity contribution in [1.29, 1.82) is 0 Å². The number of benzene rings is 2. The number of hydrogen-bond donors (Lipinski definition) is 1. The van der Waals surface area contributed by atoms with E-state index in [2.05, 4.69) is 5.32 Å². The Labute approximate surface area is 147 Å². The average molecular weight is 348 g/mol. The number of rotatable bonds is 7. The molecule has 5 heteroatoms. The smallest absolute Gasteiger partial charge is 0.251 e. The highest BCUT2D eigenvalue weighted by Crippen LogP contribution is 2.22. The maximum absolute atomic E-state index is 12.4. The van der Waals surface area contributed by atoms with E-state index >= 15 is 0 Å². The molecule has 0 saturated heterocycles. The lowest BCUT2D eigenvalue weighted by Gasteiger charge is -2.13. The van der Waals surface area contributed by atoms with Crippen LogP contribution in [-0.2, 0) is 17.9 Å². The number of methoxy groups -OCH3 is 1. The molecule has 0 aliphatic rings. The lowest BCUT2D eigenvalue weighted by Crippen LogP contribution is -2.23. The molecular formula is C19H22ClNO3. The molecule has 2 rings (SSSR count). The van der Waals surface area contributed by atoms with Gasteiger partial charge in [0.05, 0.1) is 19.8 Å². The molecular weight excluding hydrogens is 326 g/mol. The molecule has 128 valence electrons. The summed E-state index contributed by atoms with van der Waals surface area (Å²) < 4.78 is 10.9. The van der Waals surface area contributed by atoms with E-state index in [9.17, 15) is 4.79 Å². The van der Waals surface area contributed by atoms with Gasteiger partial charge in [-0.2, -0.15) is 0 Å². The quantitative estimate of drug-likeness (QED) is 0.816. The molecule has 1 amide bonds. The summed E-state index contributed by atoms with van der Waals surface area (Å²) in [5, 5.41) is 3.52. The molecule has 24 heavy (non-hydrogen) atoms. The van der Waals surface area contributed by atoms with Crippen molar-refractivity contribution in [1.82, 2.24) is 5.32 Å². The standard InChI is InChI=1S/C19H22ClNO3/c1-13(2)24-12-16-10-14(8-9-18(16)23-3)19(22)21-11-15-6-4-5-7-17(15)20/h4-10,13H,11-12H2,1-3H3,(H,21,22). The highest BCUT2D eigenvalue weighted by molar-refractivity contribution is 6.31. The zero-order valence-electron chi connectivity index (χ0n) is 14.1. The highest BCUT2D eigenvalue weighted by atomic mass is 35.5. The molecule has 0 spiro atoms. The minimum Gasteiger partial charge on any atom is -0.496 e. The van der Waals surface area contributed by atoms with Crippen molar-refractivity contribution in [3.05, 3.63) is 64.2 Å². The minimum absolute atomic E-state index is 0.104. The average Bonchev–Trinajstić information content (AvgIpc) is 2.58. The van der Waals surface area contributed by atoms with Crippen LogP contribution in [0, 0.1) is 0 Å². The van der Waals surface area contributed by atoms with Gasteiger partial charge in [0, 0.05) is 22.7 Å². The summed E-state index contributed by atoms with van der Waals surface area (Å²) in [6.07, 6.45) is 0.104. The molecule has 2 aromatic carbocycles. The van der Waals surface area contributed by atoms with Crippen LogP contribution in [0.15, 0.2) is 42.5 Å². The molecule has 1 N–H and O–H groups in total. The zero-order valence-corrected chi connectivity index (χ0v) is 14.9. The van der Waals surface area contributed by atoms with Gasteiger partial charge in [-0.25, -0.2) is 0 Å². The fraction of sp³-hybridized carbons (Fsp3) is 0.316. The van der Waals surface area contributed by atoms with Gasteiger partial charge >= 0.3 is 0 Å². The first-order valence-corrected chi connectivity index (χ1v) is 8.19. The first kappa shape index (κ1) is 18.3. The van der Waals surface area contributed by atoms with Crippen LogP contribution in [-0.4, -0.2) is 19.1 Å². The van der Waals surface area contributed by atoms with E-state index in [1.54, 1.807) is 31.4 Å². The Morgan fingerprint density at radius 2 is 1.92 bits per heavy atom. The molecule has 4 nitrogen and oxygen atoms in total. The normalized spacial score (nSPS) is 10.7. The van der Waals surface area contributed by atoms with Gasteiger partial charge in [0.25, 0.3) is 5.91 Å². The predicted octanol–water partition coefficient (Wildman–Crippen LogP) is 4.20. The summed E-state index contributed by atoms with van der Waals surface area (Å²) in [5.41, 5.74) is 2.28. The third-order valence-electron chi connectivity index (χ3n) is 3.51. The second-order valence-electron chi connectivity index (χ2n) is 5.66. The van der Waals surface area contributed by atoms with E-state index in [1.807, 2.05) is 32.0 Å². The summed E-state index contributed by atoms with van der Waals surface area (Å²) in [5.74, 6) is 0.543. The van der Waals surface area contributed by atoms with Crippen molar-refractivity contribution in [2.24, 2.45) is 0 Å². The number of nitrogens with one attached hydrogen (secondary N) is 1. The van der Waals surface area contributed by atoms with Gasteiger partial charge < -0.3 is 14.8 Å². The van der Waals surface area contributed by atoms with Gasteiger partial charge in [0.2, 0.25) is 0 Å². The van der Waals surface area contributed by atoms with Gasteiger partial charge in [-0.1, -0.05) is 29.8 Å². The van der Waals surface area contributed by atoms with E-state index in [1.165, 1.54) is 0 Å². The van der Waals surface area contributed by atoms with Gasteiger partial charge in [-0.3, -0.25) is 4.79 Å². The van der Waals surface area contributed by atoms with Crippen LogP contribution >= 0.6 is 11.6 Å². The van der Waals surface area contributed by atoms with Crippen LogP contribution in [0.25, 0.3) is 0 Å². The van der Waals surface area contributed by atoms with Crippen LogP contribution < -0.4 is 10.1 Å². The molecule has 0 bridgehead atoms. The van der Waals surface area contributed by atoms with Crippen molar-refractivity contribution in [3.8, 4) is 5.75 Å². The van der Waals surface area contributed by atoms with Crippen LogP contribution in [0.2, 0.25) is 5.02 Å². The van der Waals surface area contributed by atoms with E-state index in [4.69, 9.17) is 21.1 Å². The third-order valence-corrected chi connectivity index (χ3v) is 3.88. The maximum Gasteiger partial charge on any atom is 0.251 e. The summed E-state index contributed by atoms with van der Waals surface area (Å²) in [6, 6.07) is 12.8. The molecule has 0 aromatic heterocycles. The summed E-state index contributed by atoms with van der Waals surface area (Å²) in [6.45, 7) is 4.70. The van der Waals surface area contributed by atoms with Crippen LogP contribution in [0.4, 0.5) is 0 Å². The van der Waals surface area contributed by atoms with Crippen molar-refractivity contribution in [3.63, 3.8) is 0 Å². The molecule has 0 aliphatic carbocycles. The monoisotopic (exact) mass is 347 g/mol. The number of halogens is 1. The van der Waals surface area contributed by atoms with Gasteiger partial charge in [-0.05, 0) is 43.7 Å². The fourth-order valence-electron chi connectivity index (χ4n) is 2.21. The van der Waals surface area contributed by atoms with Crippen molar-refractivity contribution in [2.75, 3.05) is 7.11 Å². The van der Waals surface area contributed by atoms with Crippen LogP contribution in [0.1, 0.15) is 35.3 Å². The highest BCUT2D eigenvalue weighted by Gasteiger charge is 2.11. The molecule has 0 aliphatic heterocycles. The van der Waals surface area contributed by atoms with E-state index in [0.717, 1.165) is 11.1 Å². The van der Waals surface area contributed by atoms with E-state index < -0.39 is 0 Å². The first-order chi connectivity index (χ1) is 11.5. The van der Waals surface area contributed by atoms with Crippen molar-refractivity contribution in [2.45, 2.75) is 33.1 Å². The number of carbonyl (C=O) groups excluding carboxylic acids is 1. The van der Waals surface area contributed by atoms with Crippen molar-refractivity contribution >= 4 is 17.5 Å². The van der Waals surface area contributed by atoms with Gasteiger partial charge in [0.15, 0.2) is 0 Å². The Hall–Kier alpha value is -2.04. The molecule has 0 unspecified atom stereocenters. The molecule has 0 saturated carbocycles. The minimum atomic E-state index is -0.164. The van der Waals surface area contributed by atoms with E-state index in [0.29, 0.717) is 29.5 Å². The largest absolute Gasteiger partial charge is 0.496 e. The summed E-state index contributed by atoms with van der Waals surface area (Å²) in [7, 11) is 1.60. The fourth-order valence-corrected chi connectivity index (χ4v) is 2.41. The Bertz CT molecular complexity index is 701. The Morgan fingerprint density at radius 1 is 1.17 bits per heavy atom. The molecule has 0 fully saturated rings. The van der Waals surface area contributed by atoms with Gasteiger partial charge in [-0.15, -0.1) is 0 Å². The topological polar surface area (TPSA) is 47.6 Å². The number of ether oxygens (including phenoxy) is 2. The lowest BCUT2D eigenvalue weighted by atomic mass is 10.1.